The molecule has 0 unspecified atom stereocenters. The van der Waals surface area contributed by atoms with E-state index < -0.39 is 29.1 Å². The molecule has 67 heavy (non-hydrogen) atoms. The fourth-order valence-electron chi connectivity index (χ4n) is 10.7. The zero-order valence-electron chi connectivity index (χ0n) is 46.0. The number of aliphatic hydroxyl groups is 2. The van der Waals surface area contributed by atoms with Gasteiger partial charge in [0, 0.05) is 61.0 Å². The molecular formula is C54H100O11Si2. The summed E-state index contributed by atoms with van der Waals surface area (Å²) in [6.45, 7) is 37.6. The highest BCUT2D eigenvalue weighted by Gasteiger charge is 2.64. The molecule has 0 bridgehead atoms. The lowest BCUT2D eigenvalue weighted by Crippen LogP contribution is -2.68. The maximum absolute atomic E-state index is 12.1. The highest BCUT2D eigenvalue weighted by atomic mass is 28.4. The van der Waals surface area contributed by atoms with Crippen molar-refractivity contribution in [3.05, 3.63) is 36.0 Å². The molecule has 2 fully saturated rings. The summed E-state index contributed by atoms with van der Waals surface area (Å²) in [7, 11) is -0.215. The van der Waals surface area contributed by atoms with Crippen molar-refractivity contribution in [3.8, 4) is 0 Å². The number of aliphatic hydroxyl groups excluding tert-OH is 2. The van der Waals surface area contributed by atoms with Crippen LogP contribution in [-0.2, 0) is 41.8 Å². The Morgan fingerprint density at radius 2 is 1.49 bits per heavy atom. The number of allylic oxidation sites excluding steroid dienone is 2. The molecule has 0 spiro atoms. The lowest BCUT2D eigenvalue weighted by atomic mass is 9.79. The third kappa shape index (κ3) is 16.7. The van der Waals surface area contributed by atoms with Crippen LogP contribution in [0.15, 0.2) is 36.0 Å². The van der Waals surface area contributed by atoms with Crippen LogP contribution in [-0.4, -0.2) is 122 Å². The Bertz CT molecular complexity index is 1580. The molecule has 13 heteroatoms. The Morgan fingerprint density at radius 1 is 0.866 bits per heavy atom. The number of esters is 1. The van der Waals surface area contributed by atoms with E-state index in [2.05, 4.69) is 121 Å². The summed E-state index contributed by atoms with van der Waals surface area (Å²) >= 11 is 0. The van der Waals surface area contributed by atoms with Crippen LogP contribution in [0.25, 0.3) is 0 Å². The smallest absolute Gasteiger partial charge is 0.349 e. The average Bonchev–Trinajstić information content (AvgIpc) is 3.23. The molecule has 11 nitrogen and oxygen atoms in total. The van der Waals surface area contributed by atoms with Gasteiger partial charge in [0.15, 0.2) is 8.32 Å². The fraction of sp³-hybridized carbons (Fsp3) is 0.870. The zero-order chi connectivity index (χ0) is 50.9. The summed E-state index contributed by atoms with van der Waals surface area (Å²) in [5.41, 5.74) is 0.966. The van der Waals surface area contributed by atoms with Crippen LogP contribution in [0.3, 0.4) is 0 Å². The molecule has 390 valence electrons. The fourth-order valence-corrected chi connectivity index (χ4v) is 17.4. The summed E-state index contributed by atoms with van der Waals surface area (Å²) in [5, 5.41) is 23.6. The number of rotatable bonds is 22. The molecule has 3 heterocycles. The van der Waals surface area contributed by atoms with Crippen molar-refractivity contribution < 1.29 is 52.0 Å². The first-order valence-electron chi connectivity index (χ1n) is 25.8. The molecule has 2 N–H and O–H groups in total. The highest BCUT2D eigenvalue weighted by Crippen LogP contribution is 2.57. The predicted octanol–water partition coefficient (Wildman–Crippen LogP) is 11.8. The van der Waals surface area contributed by atoms with Gasteiger partial charge in [-0.3, -0.25) is 0 Å². The molecule has 0 amide bonds. The molecule has 15 atom stereocenters. The summed E-state index contributed by atoms with van der Waals surface area (Å²) in [4.78, 5) is 11.7. The van der Waals surface area contributed by atoms with Gasteiger partial charge >= 0.3 is 14.5 Å². The lowest BCUT2D eigenvalue weighted by Gasteiger charge is -2.59. The Labute approximate surface area is 411 Å². The second-order valence-electron chi connectivity index (χ2n) is 24.4. The normalized spacial score (nSPS) is 30.1. The number of ether oxygens (including phenoxy) is 5. The van der Waals surface area contributed by atoms with Gasteiger partial charge in [0.05, 0.1) is 74.3 Å². The van der Waals surface area contributed by atoms with Gasteiger partial charge in [0.1, 0.15) is 0 Å². The quantitative estimate of drug-likeness (QED) is 0.0353. The van der Waals surface area contributed by atoms with Crippen LogP contribution in [0, 0.1) is 23.7 Å². The van der Waals surface area contributed by atoms with Gasteiger partial charge in [-0.25, -0.2) is 4.79 Å². The van der Waals surface area contributed by atoms with Gasteiger partial charge < -0.3 is 47.2 Å². The maximum Gasteiger partial charge on any atom is 0.349 e. The van der Waals surface area contributed by atoms with Crippen molar-refractivity contribution in [1.82, 2.24) is 0 Å². The Balaban J connectivity index is 1.75. The molecule has 0 radical (unpaired) electrons. The van der Waals surface area contributed by atoms with E-state index in [1.54, 1.807) is 20.3 Å². The van der Waals surface area contributed by atoms with Crippen LogP contribution < -0.4 is 0 Å². The number of hydrogen-bond acceptors (Lipinski definition) is 11. The molecule has 3 aliphatic rings. The first-order chi connectivity index (χ1) is 30.9. The molecule has 3 aliphatic heterocycles. The van der Waals surface area contributed by atoms with Crippen LogP contribution in [0.1, 0.15) is 162 Å². The summed E-state index contributed by atoms with van der Waals surface area (Å²) in [6, 6.07) is 0. The van der Waals surface area contributed by atoms with E-state index in [1.165, 1.54) is 13.2 Å². The van der Waals surface area contributed by atoms with E-state index in [1.807, 2.05) is 13.8 Å². The van der Waals surface area contributed by atoms with Crippen molar-refractivity contribution >= 4 is 22.8 Å². The summed E-state index contributed by atoms with van der Waals surface area (Å²) in [5.74, 6) is -0.640. The first kappa shape index (κ1) is 60.1. The first-order valence-corrected chi connectivity index (χ1v) is 30.5. The second-order valence-corrected chi connectivity index (χ2v) is 33.9. The third-order valence-electron chi connectivity index (χ3n) is 15.9. The molecule has 0 saturated carbocycles. The van der Waals surface area contributed by atoms with E-state index in [0.717, 1.165) is 37.7 Å². The number of methoxy groups -OCH3 is 3. The van der Waals surface area contributed by atoms with Crippen LogP contribution in [0.5, 0.6) is 0 Å². The van der Waals surface area contributed by atoms with Crippen LogP contribution >= 0.6 is 0 Å². The molecule has 0 aliphatic carbocycles. The van der Waals surface area contributed by atoms with E-state index in [9.17, 15) is 15.0 Å². The van der Waals surface area contributed by atoms with E-state index in [0.29, 0.717) is 19.3 Å². The average molecular weight is 982 g/mol. The lowest BCUT2D eigenvalue weighted by molar-refractivity contribution is -0.134. The van der Waals surface area contributed by atoms with E-state index in [4.69, 9.17) is 37.0 Å². The molecular weight excluding hydrogens is 881 g/mol. The molecule has 0 aromatic rings. The van der Waals surface area contributed by atoms with Crippen molar-refractivity contribution in [2.75, 3.05) is 21.3 Å². The van der Waals surface area contributed by atoms with Gasteiger partial charge in [-0.1, -0.05) is 120 Å². The number of carbonyl (C=O) groups excluding carboxylic acids is 1. The molecule has 0 aromatic carbocycles. The van der Waals surface area contributed by atoms with Crippen molar-refractivity contribution in [1.29, 1.82) is 0 Å². The van der Waals surface area contributed by atoms with Crippen LogP contribution in [0.4, 0.5) is 0 Å². The van der Waals surface area contributed by atoms with Crippen LogP contribution in [0.2, 0.25) is 28.2 Å². The van der Waals surface area contributed by atoms with E-state index >= 15 is 0 Å². The largest absolute Gasteiger partial charge is 0.466 e. The number of carbonyl (C=O) groups is 1. The summed E-state index contributed by atoms with van der Waals surface area (Å²) in [6.07, 6.45) is 14.3. The maximum atomic E-state index is 12.1. The van der Waals surface area contributed by atoms with Crippen molar-refractivity contribution in [2.45, 2.75) is 257 Å². The Morgan fingerprint density at radius 3 is 2.06 bits per heavy atom. The molecule has 3 rings (SSSR count). The second kappa shape index (κ2) is 25.4. The SMILES string of the molecule is COC(=O)/C=C/C(C)=C/C[C@@H](C[C@@H]1C=CC[C@@H](C[C@H](OC)[C@@H](C)[C@@H](O)C[C@@H](O)[C@H](C)[C@@H]2O[Si](C(C)(C)C)(C(C)(C)C)O[C@@H]([C@@H](C)CC[C@H]3C[C@H](OC)C[C@H](C)O3)[C@@H]2C)O1)O[Si](C)(C)C(C)(C)C. The minimum Gasteiger partial charge on any atom is -0.466 e. The Kier molecular flexibility index (Phi) is 22.8. The van der Waals surface area contributed by atoms with Gasteiger partial charge in [-0.05, 0) is 82.8 Å². The zero-order valence-corrected chi connectivity index (χ0v) is 48.0. The van der Waals surface area contributed by atoms with E-state index in [-0.39, 0.29) is 106 Å². The number of hydrogen-bond donors (Lipinski definition) is 2. The topological polar surface area (TPSA) is 131 Å². The van der Waals surface area contributed by atoms with Crippen molar-refractivity contribution in [2.24, 2.45) is 23.7 Å². The minimum atomic E-state index is -2.98. The minimum absolute atomic E-state index is 0.0176. The molecule has 2 saturated heterocycles. The third-order valence-corrected chi connectivity index (χ3v) is 25.6. The summed E-state index contributed by atoms with van der Waals surface area (Å²) < 4.78 is 51.6. The standard InChI is InChI=1S/C54H100O11Si2/c1-35(25-29-49(57)60-18)24-27-44(63-66(19,20)52(7,8)9)31-41-22-21-23-42(62-41)33-48(59-17)38(4)46(55)34-47(56)39(5)51-40(6)50(64-67(65-51,53(10,11)12)54(13,14)15)36(2)26-28-43-32-45(58-16)30-37(3)61-43/h21-22,24-25,29,36-48,50-51,55-56H,23,26-28,30-34H2,1-20H3/b29-25+,35-24+/t36-,37-,38-,39-,40-,41-,42-,43-,44-,45+,46-,47+,48-,50-,51-/m0/s1. The van der Waals surface area contributed by atoms with Gasteiger partial charge in [-0.15, -0.1) is 0 Å². The predicted molar refractivity (Wildman–Crippen MR) is 276 cm³/mol. The Hall–Kier alpha value is -1.24. The van der Waals surface area contributed by atoms with Gasteiger partial charge in [0.2, 0.25) is 0 Å². The molecule has 0 aromatic heterocycles. The highest BCUT2D eigenvalue weighted by molar-refractivity contribution is 6.74. The monoisotopic (exact) mass is 981 g/mol. The van der Waals surface area contributed by atoms with Gasteiger partial charge in [-0.2, -0.15) is 0 Å². The van der Waals surface area contributed by atoms with Crippen molar-refractivity contribution in [3.63, 3.8) is 0 Å². The van der Waals surface area contributed by atoms with Gasteiger partial charge in [0.25, 0.3) is 0 Å².